The van der Waals surface area contributed by atoms with Crippen LogP contribution in [0, 0.1) is 18.3 Å². The second-order valence-corrected chi connectivity index (χ2v) is 4.91. The molecule has 2 aliphatic rings. The number of carbonyl (C=O) groups excluding carboxylic acids is 2. The maximum absolute atomic E-state index is 11.9. The summed E-state index contributed by atoms with van der Waals surface area (Å²) < 4.78 is 0. The van der Waals surface area contributed by atoms with Gasteiger partial charge in [-0.3, -0.25) is 14.9 Å². The lowest BCUT2D eigenvalue weighted by Gasteiger charge is -2.41. The van der Waals surface area contributed by atoms with Crippen molar-refractivity contribution in [2.45, 2.75) is 25.3 Å². The third-order valence-electron chi connectivity index (χ3n) is 3.68. The van der Waals surface area contributed by atoms with E-state index >= 15 is 0 Å². The number of piperidine rings is 2. The zero-order chi connectivity index (χ0) is 13.0. The van der Waals surface area contributed by atoms with E-state index < -0.39 is 0 Å². The predicted molar refractivity (Wildman–Crippen MR) is 67.6 cm³/mol. The van der Waals surface area contributed by atoms with E-state index in [9.17, 15) is 9.59 Å². The van der Waals surface area contributed by atoms with Crippen molar-refractivity contribution in [3.8, 4) is 12.3 Å². The summed E-state index contributed by atoms with van der Waals surface area (Å²) in [5.41, 5.74) is 0. The van der Waals surface area contributed by atoms with Gasteiger partial charge in [-0.05, 0) is 18.8 Å². The smallest absolute Gasteiger partial charge is 0.236 e. The van der Waals surface area contributed by atoms with E-state index in [2.05, 4.69) is 16.6 Å². The highest BCUT2D eigenvalue weighted by Crippen LogP contribution is 2.25. The summed E-state index contributed by atoms with van der Waals surface area (Å²) in [7, 11) is 0. The van der Waals surface area contributed by atoms with Gasteiger partial charge >= 0.3 is 0 Å². The average molecular weight is 249 g/mol. The van der Waals surface area contributed by atoms with Gasteiger partial charge in [0.1, 0.15) is 0 Å². The quantitative estimate of drug-likeness (QED) is 0.515. The van der Waals surface area contributed by atoms with Crippen molar-refractivity contribution in [3.63, 3.8) is 0 Å². The molecule has 2 atom stereocenters. The molecule has 98 valence electrons. The molecule has 2 N–H and O–H groups in total. The monoisotopic (exact) mass is 249 g/mol. The molecule has 0 bridgehead atoms. The van der Waals surface area contributed by atoms with E-state index in [0.29, 0.717) is 25.4 Å². The van der Waals surface area contributed by atoms with Crippen LogP contribution in [0.15, 0.2) is 0 Å². The second kappa shape index (κ2) is 5.87. The number of fused-ring (bicyclic) bond motifs is 1. The maximum Gasteiger partial charge on any atom is 0.236 e. The Labute approximate surface area is 107 Å². The molecule has 2 heterocycles. The highest BCUT2D eigenvalue weighted by Gasteiger charge is 2.34. The van der Waals surface area contributed by atoms with E-state index in [0.717, 1.165) is 25.9 Å². The summed E-state index contributed by atoms with van der Waals surface area (Å²) in [5, 5.41) is 5.93. The van der Waals surface area contributed by atoms with Crippen LogP contribution in [0.3, 0.4) is 0 Å². The van der Waals surface area contributed by atoms with Crippen LogP contribution in [0.5, 0.6) is 0 Å². The lowest BCUT2D eigenvalue weighted by molar-refractivity contribution is -0.133. The molecule has 2 rings (SSSR count). The van der Waals surface area contributed by atoms with Gasteiger partial charge in [0.15, 0.2) is 0 Å². The van der Waals surface area contributed by atoms with E-state index in [1.807, 2.05) is 4.90 Å². The van der Waals surface area contributed by atoms with Crippen LogP contribution in [0.1, 0.15) is 19.3 Å². The molecule has 0 saturated carbocycles. The molecule has 2 saturated heterocycles. The van der Waals surface area contributed by atoms with Crippen molar-refractivity contribution in [3.05, 3.63) is 0 Å². The highest BCUT2D eigenvalue weighted by molar-refractivity contribution is 5.79. The van der Waals surface area contributed by atoms with Crippen LogP contribution >= 0.6 is 0 Å². The standard InChI is InChI=1S/C13H19N3O2/c1-2-6-14-8-13(18)16-7-5-11-10(9-16)3-4-12(17)15-11/h1,10-11,14H,3-9H2,(H,15,17). The van der Waals surface area contributed by atoms with Gasteiger partial charge < -0.3 is 10.2 Å². The van der Waals surface area contributed by atoms with Gasteiger partial charge in [-0.1, -0.05) is 5.92 Å². The number of carbonyl (C=O) groups is 2. The van der Waals surface area contributed by atoms with E-state index in [-0.39, 0.29) is 17.9 Å². The molecule has 0 aromatic carbocycles. The Kier molecular flexibility index (Phi) is 4.21. The molecule has 0 aliphatic carbocycles. The molecule has 5 heteroatoms. The van der Waals surface area contributed by atoms with Crippen LogP contribution in [0.2, 0.25) is 0 Å². The van der Waals surface area contributed by atoms with Gasteiger partial charge in [0.2, 0.25) is 11.8 Å². The largest absolute Gasteiger partial charge is 0.353 e. The summed E-state index contributed by atoms with van der Waals surface area (Å²) in [6.07, 6.45) is 7.44. The third-order valence-corrected chi connectivity index (χ3v) is 3.68. The predicted octanol–water partition coefficient (Wildman–Crippen LogP) is -0.664. The van der Waals surface area contributed by atoms with Gasteiger partial charge in [0.25, 0.3) is 0 Å². The van der Waals surface area contributed by atoms with Crippen LogP contribution in [0.25, 0.3) is 0 Å². The Morgan fingerprint density at radius 2 is 2.39 bits per heavy atom. The molecule has 2 aliphatic heterocycles. The lowest BCUT2D eigenvalue weighted by Crippen LogP contribution is -2.56. The van der Waals surface area contributed by atoms with Crippen LogP contribution in [-0.4, -0.2) is 48.9 Å². The van der Waals surface area contributed by atoms with Gasteiger partial charge in [0.05, 0.1) is 13.1 Å². The first kappa shape index (κ1) is 12.9. The molecule has 2 unspecified atom stereocenters. The SMILES string of the molecule is C#CCNCC(=O)N1CCC2NC(=O)CCC2C1. The number of amides is 2. The summed E-state index contributed by atoms with van der Waals surface area (Å²) in [6.45, 7) is 2.19. The number of likely N-dealkylation sites (tertiary alicyclic amines) is 1. The summed E-state index contributed by atoms with van der Waals surface area (Å²) in [5.74, 6) is 3.10. The number of nitrogens with one attached hydrogen (secondary N) is 2. The third kappa shape index (κ3) is 3.02. The first-order chi connectivity index (χ1) is 8.70. The summed E-state index contributed by atoms with van der Waals surface area (Å²) in [6, 6.07) is 0.258. The minimum Gasteiger partial charge on any atom is -0.353 e. The van der Waals surface area contributed by atoms with Crippen molar-refractivity contribution < 1.29 is 9.59 Å². The minimum absolute atomic E-state index is 0.0978. The zero-order valence-corrected chi connectivity index (χ0v) is 10.4. The number of rotatable bonds is 3. The van der Waals surface area contributed by atoms with Crippen molar-refractivity contribution in [2.24, 2.45) is 5.92 Å². The maximum atomic E-state index is 11.9. The molecule has 2 amide bonds. The van der Waals surface area contributed by atoms with Gasteiger partial charge in [-0.15, -0.1) is 6.42 Å². The Morgan fingerprint density at radius 1 is 1.56 bits per heavy atom. The lowest BCUT2D eigenvalue weighted by atomic mass is 9.85. The molecular weight excluding hydrogens is 230 g/mol. The Hall–Kier alpha value is -1.54. The van der Waals surface area contributed by atoms with Crippen molar-refractivity contribution in [1.82, 2.24) is 15.5 Å². The molecule has 18 heavy (non-hydrogen) atoms. The van der Waals surface area contributed by atoms with Crippen LogP contribution in [-0.2, 0) is 9.59 Å². The number of hydrogen-bond acceptors (Lipinski definition) is 3. The fourth-order valence-electron chi connectivity index (χ4n) is 2.69. The first-order valence-electron chi connectivity index (χ1n) is 6.42. The fraction of sp³-hybridized carbons (Fsp3) is 0.692. The van der Waals surface area contributed by atoms with Gasteiger partial charge in [0, 0.05) is 25.6 Å². The molecular formula is C13H19N3O2. The molecule has 5 nitrogen and oxygen atoms in total. The molecule has 0 radical (unpaired) electrons. The second-order valence-electron chi connectivity index (χ2n) is 4.91. The van der Waals surface area contributed by atoms with E-state index in [1.165, 1.54) is 0 Å². The van der Waals surface area contributed by atoms with Crippen molar-refractivity contribution in [1.29, 1.82) is 0 Å². The average Bonchev–Trinajstić information content (AvgIpc) is 2.38. The minimum atomic E-state index is 0.0978. The summed E-state index contributed by atoms with van der Waals surface area (Å²) >= 11 is 0. The Morgan fingerprint density at radius 3 is 3.17 bits per heavy atom. The van der Waals surface area contributed by atoms with Gasteiger partial charge in [-0.25, -0.2) is 0 Å². The molecule has 0 aromatic heterocycles. The molecule has 0 aromatic rings. The Bertz CT molecular complexity index is 375. The summed E-state index contributed by atoms with van der Waals surface area (Å²) in [4.78, 5) is 25.1. The normalized spacial score (nSPS) is 27.1. The number of hydrogen-bond donors (Lipinski definition) is 2. The van der Waals surface area contributed by atoms with Crippen molar-refractivity contribution in [2.75, 3.05) is 26.2 Å². The Balaban J connectivity index is 1.81. The highest BCUT2D eigenvalue weighted by atomic mass is 16.2. The topological polar surface area (TPSA) is 61.4 Å². The molecule has 0 spiro atoms. The van der Waals surface area contributed by atoms with E-state index in [1.54, 1.807) is 0 Å². The zero-order valence-electron chi connectivity index (χ0n) is 10.4. The number of terminal acetylenes is 1. The van der Waals surface area contributed by atoms with Crippen LogP contribution < -0.4 is 10.6 Å². The van der Waals surface area contributed by atoms with Gasteiger partial charge in [-0.2, -0.15) is 0 Å². The van der Waals surface area contributed by atoms with Crippen LogP contribution in [0.4, 0.5) is 0 Å². The fourth-order valence-corrected chi connectivity index (χ4v) is 2.69. The first-order valence-corrected chi connectivity index (χ1v) is 6.42. The molecule has 2 fully saturated rings. The number of nitrogens with zero attached hydrogens (tertiary/aromatic N) is 1. The van der Waals surface area contributed by atoms with Crippen molar-refractivity contribution >= 4 is 11.8 Å². The van der Waals surface area contributed by atoms with E-state index in [4.69, 9.17) is 6.42 Å².